The topological polar surface area (TPSA) is 55.4 Å². The van der Waals surface area contributed by atoms with E-state index in [0.29, 0.717) is 23.7 Å². The first-order valence-electron chi connectivity index (χ1n) is 9.30. The Balaban J connectivity index is 1.83. The van der Waals surface area contributed by atoms with E-state index in [1.807, 2.05) is 26.0 Å². The third-order valence-electron chi connectivity index (χ3n) is 5.33. The van der Waals surface area contributed by atoms with Crippen molar-refractivity contribution in [2.75, 3.05) is 6.61 Å². The maximum atomic E-state index is 13.0. The lowest BCUT2D eigenvalue weighted by Crippen LogP contribution is -2.31. The van der Waals surface area contributed by atoms with E-state index in [9.17, 15) is 9.59 Å². The Morgan fingerprint density at radius 3 is 2.56 bits per heavy atom. The van der Waals surface area contributed by atoms with Crippen molar-refractivity contribution in [3.8, 4) is 0 Å². The zero-order valence-electron chi connectivity index (χ0n) is 15.8. The number of dihydropyridines is 1. The van der Waals surface area contributed by atoms with Crippen LogP contribution in [0.3, 0.4) is 0 Å². The van der Waals surface area contributed by atoms with Crippen molar-refractivity contribution in [1.82, 2.24) is 5.32 Å². The summed E-state index contributed by atoms with van der Waals surface area (Å²) in [5.41, 5.74) is 3.76. The van der Waals surface area contributed by atoms with Gasteiger partial charge in [0.15, 0.2) is 5.78 Å². The molecule has 0 spiro atoms. The molecule has 1 fully saturated rings. The molecule has 1 atom stereocenters. The first kappa shape index (κ1) is 18.0. The second-order valence-corrected chi connectivity index (χ2v) is 8.33. The Bertz CT molecular complexity index is 994. The number of carbonyl (C=O) groups excluding carboxylic acids is 2. The predicted octanol–water partition coefficient (Wildman–Crippen LogP) is 4.68. The Kier molecular flexibility index (Phi) is 4.64. The van der Waals surface area contributed by atoms with Gasteiger partial charge < -0.3 is 10.1 Å². The highest BCUT2D eigenvalue weighted by molar-refractivity contribution is 7.17. The largest absolute Gasteiger partial charge is 0.462 e. The van der Waals surface area contributed by atoms with E-state index in [0.717, 1.165) is 39.9 Å². The van der Waals surface area contributed by atoms with Gasteiger partial charge in [0.05, 0.1) is 12.2 Å². The summed E-state index contributed by atoms with van der Waals surface area (Å²) < 4.78 is 6.76. The van der Waals surface area contributed by atoms with Gasteiger partial charge in [-0.05, 0) is 61.9 Å². The molecule has 1 aromatic heterocycles. The summed E-state index contributed by atoms with van der Waals surface area (Å²) in [5.74, 6) is -0.248. The third kappa shape index (κ3) is 3.32. The molecule has 0 radical (unpaired) electrons. The van der Waals surface area contributed by atoms with Gasteiger partial charge in [-0.1, -0.05) is 18.2 Å². The van der Waals surface area contributed by atoms with E-state index in [1.54, 1.807) is 18.3 Å². The molecular weight excluding hydrogens is 358 g/mol. The van der Waals surface area contributed by atoms with Crippen LogP contribution in [0.1, 0.15) is 45.1 Å². The van der Waals surface area contributed by atoms with E-state index in [1.165, 1.54) is 0 Å². The number of ether oxygens (including phenoxy) is 1. The average Bonchev–Trinajstić information content (AvgIpc) is 3.36. The number of thiophene rings is 1. The fraction of sp³-hybridized carbons (Fsp3) is 0.364. The molecule has 0 saturated heterocycles. The van der Waals surface area contributed by atoms with Crippen molar-refractivity contribution < 1.29 is 14.3 Å². The van der Waals surface area contributed by atoms with E-state index >= 15 is 0 Å². The summed E-state index contributed by atoms with van der Waals surface area (Å²) in [6, 6.07) is 8.12. The summed E-state index contributed by atoms with van der Waals surface area (Å²) in [5, 5.41) is 6.38. The lowest BCUT2D eigenvalue weighted by molar-refractivity contribution is -0.139. The second kappa shape index (κ2) is 6.97. The van der Waals surface area contributed by atoms with Crippen LogP contribution in [0.15, 0.2) is 52.2 Å². The summed E-state index contributed by atoms with van der Waals surface area (Å²) in [7, 11) is 0. The lowest BCUT2D eigenvalue weighted by Gasteiger charge is -2.30. The molecule has 2 aliphatic rings. The van der Waals surface area contributed by atoms with Crippen LogP contribution in [0, 0.1) is 5.92 Å². The van der Waals surface area contributed by atoms with Crippen LogP contribution in [0.5, 0.6) is 0 Å². The summed E-state index contributed by atoms with van der Waals surface area (Å²) >= 11 is 1.64. The normalized spacial score (nSPS) is 20.0. The van der Waals surface area contributed by atoms with Gasteiger partial charge in [-0.25, -0.2) is 4.79 Å². The first-order valence-corrected chi connectivity index (χ1v) is 10.2. The third-order valence-corrected chi connectivity index (χ3v) is 6.31. The number of carbonyl (C=O) groups is 2. The van der Waals surface area contributed by atoms with Crippen LogP contribution in [-0.2, 0) is 14.3 Å². The van der Waals surface area contributed by atoms with Crippen LogP contribution in [0.25, 0.3) is 10.1 Å². The van der Waals surface area contributed by atoms with Crippen molar-refractivity contribution in [2.24, 2.45) is 5.92 Å². The van der Waals surface area contributed by atoms with E-state index in [4.69, 9.17) is 4.74 Å². The number of hydrogen-bond acceptors (Lipinski definition) is 5. The van der Waals surface area contributed by atoms with Gasteiger partial charge in [-0.3, -0.25) is 4.79 Å². The Morgan fingerprint density at radius 1 is 1.15 bits per heavy atom. The first-order chi connectivity index (χ1) is 13.0. The van der Waals surface area contributed by atoms with Crippen molar-refractivity contribution in [1.29, 1.82) is 0 Å². The standard InChI is InChI=1S/C22H23NO3S/c1-12-19(14(3)24)21(17-11-27-18-7-5-4-6-16(17)18)20(13(2)23-12)22(25)26-10-15-8-9-15/h4-7,11,15,21,23H,8-10H2,1-3H3. The van der Waals surface area contributed by atoms with Gasteiger partial charge in [0.1, 0.15) is 0 Å². The maximum absolute atomic E-state index is 13.0. The molecule has 2 aromatic rings. The highest BCUT2D eigenvalue weighted by atomic mass is 32.1. The van der Waals surface area contributed by atoms with Gasteiger partial charge in [0, 0.05) is 27.6 Å². The number of esters is 1. The fourth-order valence-electron chi connectivity index (χ4n) is 3.82. The molecule has 4 nitrogen and oxygen atoms in total. The number of rotatable bonds is 5. The molecule has 5 heteroatoms. The molecule has 2 heterocycles. The van der Waals surface area contributed by atoms with Crippen LogP contribution >= 0.6 is 11.3 Å². The van der Waals surface area contributed by atoms with Crippen LogP contribution in [-0.4, -0.2) is 18.4 Å². The van der Waals surface area contributed by atoms with Crippen LogP contribution in [0.2, 0.25) is 0 Å². The molecule has 1 aliphatic heterocycles. The number of benzene rings is 1. The molecule has 1 unspecified atom stereocenters. The Morgan fingerprint density at radius 2 is 1.85 bits per heavy atom. The van der Waals surface area contributed by atoms with E-state index in [-0.39, 0.29) is 11.8 Å². The number of Topliss-reactive ketones (excluding diaryl/α,β-unsaturated/α-hetero) is 1. The van der Waals surface area contributed by atoms with Gasteiger partial charge in [0.2, 0.25) is 0 Å². The average molecular weight is 381 g/mol. The van der Waals surface area contributed by atoms with Crippen LogP contribution in [0.4, 0.5) is 0 Å². The van der Waals surface area contributed by atoms with Crippen molar-refractivity contribution in [3.63, 3.8) is 0 Å². The zero-order chi connectivity index (χ0) is 19.1. The fourth-order valence-corrected chi connectivity index (χ4v) is 4.81. The lowest BCUT2D eigenvalue weighted by atomic mass is 9.79. The Hall–Kier alpha value is -2.40. The molecule has 1 aliphatic carbocycles. The van der Waals surface area contributed by atoms with Crippen molar-refractivity contribution in [3.05, 3.63) is 57.7 Å². The molecule has 4 rings (SSSR count). The molecule has 27 heavy (non-hydrogen) atoms. The molecule has 1 saturated carbocycles. The number of allylic oxidation sites excluding steroid dienone is 3. The van der Waals surface area contributed by atoms with Crippen molar-refractivity contribution in [2.45, 2.75) is 39.5 Å². The number of ketones is 1. The highest BCUT2D eigenvalue weighted by Crippen LogP contribution is 2.43. The second-order valence-electron chi connectivity index (χ2n) is 7.42. The van der Waals surface area contributed by atoms with Gasteiger partial charge in [-0.15, -0.1) is 11.3 Å². The van der Waals surface area contributed by atoms with E-state index in [2.05, 4.69) is 22.8 Å². The van der Waals surface area contributed by atoms with E-state index < -0.39 is 5.92 Å². The smallest absolute Gasteiger partial charge is 0.336 e. The number of hydrogen-bond donors (Lipinski definition) is 1. The number of nitrogens with one attached hydrogen (secondary N) is 1. The minimum Gasteiger partial charge on any atom is -0.462 e. The summed E-state index contributed by atoms with van der Waals surface area (Å²) in [6.07, 6.45) is 2.25. The molecule has 1 N–H and O–H groups in total. The maximum Gasteiger partial charge on any atom is 0.336 e. The highest BCUT2D eigenvalue weighted by Gasteiger charge is 2.37. The van der Waals surface area contributed by atoms with Gasteiger partial charge >= 0.3 is 5.97 Å². The minimum absolute atomic E-state index is 0.0275. The molecule has 1 aromatic carbocycles. The van der Waals surface area contributed by atoms with Gasteiger partial charge in [0.25, 0.3) is 0 Å². The van der Waals surface area contributed by atoms with Crippen molar-refractivity contribution >= 4 is 33.2 Å². The molecule has 0 amide bonds. The SMILES string of the molecule is CC(=O)C1=C(C)NC(C)=C(C(=O)OCC2CC2)C1c1csc2ccccc12. The summed E-state index contributed by atoms with van der Waals surface area (Å²) in [4.78, 5) is 25.5. The quantitative estimate of drug-likeness (QED) is 0.764. The minimum atomic E-state index is -0.397. The molecular formula is C22H23NO3S. The molecule has 140 valence electrons. The Labute approximate surface area is 162 Å². The predicted molar refractivity (Wildman–Crippen MR) is 107 cm³/mol. The summed E-state index contributed by atoms with van der Waals surface area (Å²) in [6.45, 7) is 5.81. The number of fused-ring (bicyclic) bond motifs is 1. The zero-order valence-corrected chi connectivity index (χ0v) is 16.6. The monoisotopic (exact) mass is 381 g/mol. The van der Waals surface area contributed by atoms with Crippen LogP contribution < -0.4 is 5.32 Å². The van der Waals surface area contributed by atoms with Gasteiger partial charge in [-0.2, -0.15) is 0 Å². The molecule has 0 bridgehead atoms.